The molecule has 0 aromatic rings. The molecule has 4 heteroatoms. The fourth-order valence-corrected chi connectivity index (χ4v) is 5.41. The van der Waals surface area contributed by atoms with E-state index in [4.69, 9.17) is 9.47 Å². The average Bonchev–Trinajstić information content (AvgIpc) is 2.73. The molecule has 0 bridgehead atoms. The normalized spacial score (nSPS) is 36.6. The van der Waals surface area contributed by atoms with Crippen LogP contribution >= 0.6 is 0 Å². The van der Waals surface area contributed by atoms with E-state index in [1.165, 1.54) is 51.4 Å². The van der Waals surface area contributed by atoms with Crippen molar-refractivity contribution in [2.24, 2.45) is 29.6 Å². The van der Waals surface area contributed by atoms with Gasteiger partial charge in [0, 0.05) is 11.8 Å². The monoisotopic (exact) mass is 396 g/mol. The second-order valence-electron chi connectivity index (χ2n) is 9.40. The van der Waals surface area contributed by atoms with Gasteiger partial charge in [-0.05, 0) is 81.6 Å². The summed E-state index contributed by atoms with van der Waals surface area (Å²) in [5.74, 6) is 3.12. The van der Waals surface area contributed by atoms with Crippen molar-refractivity contribution < 1.29 is 18.3 Å². The zero-order valence-electron chi connectivity index (χ0n) is 17.3. The molecule has 0 aromatic heterocycles. The molecule has 1 aliphatic heterocycles. The van der Waals surface area contributed by atoms with E-state index in [2.05, 4.69) is 12.7 Å². The molecule has 3 aliphatic rings. The van der Waals surface area contributed by atoms with Gasteiger partial charge in [-0.1, -0.05) is 25.3 Å². The van der Waals surface area contributed by atoms with Gasteiger partial charge >= 0.3 is 0 Å². The van der Waals surface area contributed by atoms with Crippen molar-refractivity contribution in [2.45, 2.75) is 83.3 Å². The predicted molar refractivity (Wildman–Crippen MR) is 109 cm³/mol. The van der Waals surface area contributed by atoms with E-state index in [0.29, 0.717) is 24.2 Å². The molecular weight excluding hydrogens is 358 g/mol. The third-order valence-corrected chi connectivity index (χ3v) is 7.32. The number of hydrogen-bond acceptors (Lipinski definition) is 2. The van der Waals surface area contributed by atoms with E-state index in [0.717, 1.165) is 50.4 Å². The molecule has 0 amide bonds. The second kappa shape index (κ2) is 11.4. The molecule has 1 saturated heterocycles. The third-order valence-electron chi connectivity index (χ3n) is 7.32. The van der Waals surface area contributed by atoms with Gasteiger partial charge in [0.1, 0.15) is 0 Å². The minimum atomic E-state index is -1.53. The van der Waals surface area contributed by atoms with Gasteiger partial charge in [-0.3, -0.25) is 0 Å². The van der Waals surface area contributed by atoms with Crippen LogP contribution in [-0.4, -0.2) is 19.5 Å². The topological polar surface area (TPSA) is 18.5 Å². The van der Waals surface area contributed by atoms with Gasteiger partial charge in [0.15, 0.2) is 6.29 Å². The zero-order valence-corrected chi connectivity index (χ0v) is 17.3. The van der Waals surface area contributed by atoms with Crippen LogP contribution in [-0.2, 0) is 9.47 Å². The summed E-state index contributed by atoms with van der Waals surface area (Å²) in [4.78, 5) is 0. The Morgan fingerprint density at radius 1 is 0.750 bits per heavy atom. The van der Waals surface area contributed by atoms with Crippen molar-refractivity contribution in [1.29, 1.82) is 0 Å². The summed E-state index contributed by atoms with van der Waals surface area (Å²) in [7, 11) is 0. The first kappa shape index (κ1) is 22.0. The van der Waals surface area contributed by atoms with E-state index in [1.807, 2.05) is 0 Å². The third kappa shape index (κ3) is 6.95. The van der Waals surface area contributed by atoms with Crippen LogP contribution < -0.4 is 0 Å². The summed E-state index contributed by atoms with van der Waals surface area (Å²) in [5, 5.41) is 0. The first-order valence-corrected chi connectivity index (χ1v) is 11.5. The summed E-state index contributed by atoms with van der Waals surface area (Å²) in [6, 6.07) is 0. The van der Waals surface area contributed by atoms with E-state index in [-0.39, 0.29) is 6.29 Å². The number of rotatable bonds is 8. The van der Waals surface area contributed by atoms with Crippen LogP contribution in [0.4, 0.5) is 8.78 Å². The highest BCUT2D eigenvalue weighted by atomic mass is 19.3. The Bertz CT molecular complexity index is 479. The predicted octanol–water partition coefficient (Wildman–Crippen LogP) is 7.12. The van der Waals surface area contributed by atoms with Gasteiger partial charge in [-0.15, -0.1) is 6.58 Å². The summed E-state index contributed by atoms with van der Waals surface area (Å²) < 4.78 is 36.7. The molecule has 2 saturated carbocycles. The molecule has 1 heterocycles. The van der Waals surface area contributed by atoms with Crippen LogP contribution in [0.1, 0.15) is 77.0 Å². The summed E-state index contributed by atoms with van der Waals surface area (Å²) in [5.41, 5.74) is 0. The van der Waals surface area contributed by atoms with Gasteiger partial charge < -0.3 is 9.47 Å². The maximum atomic E-state index is 12.2. The minimum Gasteiger partial charge on any atom is -0.352 e. The summed E-state index contributed by atoms with van der Waals surface area (Å²) in [6.45, 7) is 5.54. The Kier molecular flexibility index (Phi) is 8.98. The molecule has 28 heavy (non-hydrogen) atoms. The van der Waals surface area contributed by atoms with Crippen LogP contribution in [0.5, 0.6) is 0 Å². The molecule has 0 unspecified atom stereocenters. The molecule has 0 radical (unpaired) electrons. The lowest BCUT2D eigenvalue weighted by atomic mass is 9.78. The van der Waals surface area contributed by atoms with Crippen molar-refractivity contribution in [3.63, 3.8) is 0 Å². The molecule has 3 fully saturated rings. The largest absolute Gasteiger partial charge is 0.352 e. The first-order valence-electron chi connectivity index (χ1n) is 11.5. The maximum absolute atomic E-state index is 12.2. The molecule has 3 rings (SSSR count). The Labute approximate surface area is 169 Å². The van der Waals surface area contributed by atoms with Crippen molar-refractivity contribution in [1.82, 2.24) is 0 Å². The van der Waals surface area contributed by atoms with Crippen LogP contribution in [0.25, 0.3) is 0 Å². The number of ether oxygens (including phenoxy) is 2. The minimum absolute atomic E-state index is 0.0142. The van der Waals surface area contributed by atoms with Crippen molar-refractivity contribution in [3.8, 4) is 0 Å². The molecule has 0 atom stereocenters. The lowest BCUT2D eigenvalue weighted by Gasteiger charge is -2.38. The highest BCUT2D eigenvalue weighted by Crippen LogP contribution is 2.37. The van der Waals surface area contributed by atoms with Gasteiger partial charge in [-0.25, -0.2) is 0 Å². The van der Waals surface area contributed by atoms with Gasteiger partial charge in [-0.2, -0.15) is 8.78 Å². The molecule has 2 nitrogen and oxygen atoms in total. The van der Waals surface area contributed by atoms with E-state index in [9.17, 15) is 8.78 Å². The van der Waals surface area contributed by atoms with Crippen molar-refractivity contribution in [3.05, 3.63) is 24.8 Å². The SMILES string of the molecule is C=CCC1CCC(C2OCC(CCC3CCC(CC=C(F)F)CC3)CO2)CC1. The average molecular weight is 397 g/mol. The molecule has 0 spiro atoms. The van der Waals surface area contributed by atoms with Crippen LogP contribution in [0.15, 0.2) is 24.8 Å². The molecular formula is C24H38F2O2. The van der Waals surface area contributed by atoms with Gasteiger partial charge in [0.25, 0.3) is 6.08 Å². The fraction of sp³-hybridized carbons (Fsp3) is 0.833. The van der Waals surface area contributed by atoms with Gasteiger partial charge in [0.2, 0.25) is 0 Å². The lowest BCUT2D eigenvalue weighted by molar-refractivity contribution is -0.230. The van der Waals surface area contributed by atoms with E-state index < -0.39 is 6.08 Å². The van der Waals surface area contributed by atoms with Crippen LogP contribution in [0.2, 0.25) is 0 Å². The molecule has 160 valence electrons. The highest BCUT2D eigenvalue weighted by molar-refractivity contribution is 4.85. The standard InChI is InChI=1S/C24H38F2O2/c1-2-3-18-10-13-22(14-11-18)24-27-16-21(17-28-24)9-8-19-4-6-20(7-5-19)12-15-23(25)26/h2,15,18-22,24H,1,3-14,16-17H2. The molecule has 0 N–H and O–H groups in total. The Morgan fingerprint density at radius 2 is 1.29 bits per heavy atom. The van der Waals surface area contributed by atoms with E-state index in [1.54, 1.807) is 0 Å². The number of halogens is 2. The van der Waals surface area contributed by atoms with Crippen LogP contribution in [0, 0.1) is 29.6 Å². The Morgan fingerprint density at radius 3 is 1.89 bits per heavy atom. The summed E-state index contributed by atoms with van der Waals surface area (Å²) in [6.07, 6.45) is 15.3. The molecule has 2 aliphatic carbocycles. The molecule has 0 aromatic carbocycles. The van der Waals surface area contributed by atoms with Gasteiger partial charge in [0.05, 0.1) is 13.2 Å². The smallest absolute Gasteiger partial charge is 0.266 e. The van der Waals surface area contributed by atoms with Crippen LogP contribution in [0.3, 0.4) is 0 Å². The second-order valence-corrected chi connectivity index (χ2v) is 9.40. The summed E-state index contributed by atoms with van der Waals surface area (Å²) >= 11 is 0. The van der Waals surface area contributed by atoms with Crippen molar-refractivity contribution in [2.75, 3.05) is 13.2 Å². The van der Waals surface area contributed by atoms with Crippen molar-refractivity contribution >= 4 is 0 Å². The van der Waals surface area contributed by atoms with E-state index >= 15 is 0 Å². The Balaban J connectivity index is 1.27. The zero-order chi connectivity index (χ0) is 19.8. The quantitative estimate of drug-likeness (QED) is 0.407. The fourth-order valence-electron chi connectivity index (χ4n) is 5.41. The first-order chi connectivity index (χ1) is 13.6. The maximum Gasteiger partial charge on any atom is 0.266 e. The highest BCUT2D eigenvalue weighted by Gasteiger charge is 2.32. The lowest BCUT2D eigenvalue weighted by Crippen LogP contribution is -2.38. The number of hydrogen-bond donors (Lipinski definition) is 0. The Hall–Kier alpha value is -0.740. The number of allylic oxidation sites excluding steroid dienone is 2.